The number of halogens is 1. The van der Waals surface area contributed by atoms with Gasteiger partial charge in [0.25, 0.3) is 5.91 Å². The summed E-state index contributed by atoms with van der Waals surface area (Å²) in [6.07, 6.45) is 2.41. The molecule has 106 valence electrons. The molecule has 1 aromatic carbocycles. The van der Waals surface area contributed by atoms with Crippen molar-refractivity contribution in [1.29, 1.82) is 0 Å². The van der Waals surface area contributed by atoms with Crippen LogP contribution in [0.3, 0.4) is 0 Å². The minimum atomic E-state index is -0.341. The van der Waals surface area contributed by atoms with Gasteiger partial charge in [0.2, 0.25) is 0 Å². The summed E-state index contributed by atoms with van der Waals surface area (Å²) in [7, 11) is 1.82. The van der Waals surface area contributed by atoms with Crippen LogP contribution in [0.1, 0.15) is 35.4 Å². The first-order valence-electron chi connectivity index (χ1n) is 6.30. The second kappa shape index (κ2) is 5.96. The molecule has 1 aromatic heterocycles. The molecule has 2 N–H and O–H groups in total. The third-order valence-electron chi connectivity index (χ3n) is 3.13. The first kappa shape index (κ1) is 14.4. The molecule has 2 aromatic rings. The highest BCUT2D eigenvalue weighted by atomic mass is 35.5. The highest BCUT2D eigenvalue weighted by molar-refractivity contribution is 6.30. The lowest BCUT2D eigenvalue weighted by Gasteiger charge is -2.17. The van der Waals surface area contributed by atoms with Gasteiger partial charge in [-0.1, -0.05) is 18.5 Å². The number of rotatable bonds is 4. The van der Waals surface area contributed by atoms with E-state index >= 15 is 0 Å². The smallest absolute Gasteiger partial charge is 0.255 e. The predicted molar refractivity (Wildman–Crippen MR) is 76.8 cm³/mol. The van der Waals surface area contributed by atoms with Gasteiger partial charge in [0, 0.05) is 18.3 Å². The number of nitrogens with one attached hydrogen (secondary N) is 1. The highest BCUT2D eigenvalue weighted by Crippen LogP contribution is 2.23. The van der Waals surface area contributed by atoms with Crippen LogP contribution in [0.4, 0.5) is 0 Å². The molecule has 1 unspecified atom stereocenters. The van der Waals surface area contributed by atoms with E-state index in [0.29, 0.717) is 5.02 Å². The predicted octanol–water partition coefficient (Wildman–Crippen LogP) is 2.66. The third-order valence-corrected chi connectivity index (χ3v) is 3.37. The number of hydrogen-bond acceptors (Lipinski definition) is 3. The standard InChI is InChI=1S/C14H16ClN3O2/c1-3-11(12-6-7-16-18(12)2)17-14(20)10-5-4-9(15)8-13(10)19/h4-8,11,19H,3H2,1-2H3,(H,17,20). The van der Waals surface area contributed by atoms with Crippen molar-refractivity contribution in [3.8, 4) is 5.75 Å². The third kappa shape index (κ3) is 2.93. The molecule has 0 saturated carbocycles. The summed E-state index contributed by atoms with van der Waals surface area (Å²) in [4.78, 5) is 12.2. The lowest BCUT2D eigenvalue weighted by Crippen LogP contribution is -2.29. The van der Waals surface area contributed by atoms with E-state index in [1.165, 1.54) is 12.1 Å². The zero-order valence-corrected chi connectivity index (χ0v) is 12.1. The summed E-state index contributed by atoms with van der Waals surface area (Å²) >= 11 is 5.75. The van der Waals surface area contributed by atoms with Gasteiger partial charge in [-0.2, -0.15) is 5.10 Å². The monoisotopic (exact) mass is 293 g/mol. The summed E-state index contributed by atoms with van der Waals surface area (Å²) in [6, 6.07) is 6.12. The number of phenolic OH excluding ortho intramolecular Hbond substituents is 1. The Kier molecular flexibility index (Phi) is 4.29. The van der Waals surface area contributed by atoms with Crippen LogP contribution in [-0.2, 0) is 7.05 Å². The molecular formula is C14H16ClN3O2. The van der Waals surface area contributed by atoms with Crippen LogP contribution in [-0.4, -0.2) is 20.8 Å². The van der Waals surface area contributed by atoms with Gasteiger partial charge in [-0.25, -0.2) is 0 Å². The number of carbonyl (C=O) groups is 1. The largest absolute Gasteiger partial charge is 0.507 e. The molecule has 0 aliphatic rings. The summed E-state index contributed by atoms with van der Waals surface area (Å²) < 4.78 is 1.72. The Balaban J connectivity index is 2.19. The van der Waals surface area contributed by atoms with Gasteiger partial charge in [-0.3, -0.25) is 9.48 Å². The normalized spacial score (nSPS) is 12.2. The zero-order valence-electron chi connectivity index (χ0n) is 11.3. The van der Waals surface area contributed by atoms with Gasteiger partial charge in [0.1, 0.15) is 5.75 Å². The van der Waals surface area contributed by atoms with Crippen molar-refractivity contribution in [2.75, 3.05) is 0 Å². The van der Waals surface area contributed by atoms with E-state index < -0.39 is 0 Å². The maximum atomic E-state index is 12.2. The Morgan fingerprint density at radius 1 is 1.50 bits per heavy atom. The first-order valence-corrected chi connectivity index (χ1v) is 6.68. The van der Waals surface area contributed by atoms with E-state index in [1.807, 2.05) is 20.0 Å². The molecule has 0 spiro atoms. The quantitative estimate of drug-likeness (QED) is 0.911. The Morgan fingerprint density at radius 2 is 2.25 bits per heavy atom. The van der Waals surface area contributed by atoms with E-state index in [4.69, 9.17) is 11.6 Å². The average Bonchev–Trinajstić information content (AvgIpc) is 2.82. The van der Waals surface area contributed by atoms with Gasteiger partial charge in [0.05, 0.1) is 17.3 Å². The average molecular weight is 294 g/mol. The molecule has 0 bridgehead atoms. The molecule has 1 amide bonds. The fraction of sp³-hybridized carbons (Fsp3) is 0.286. The number of phenols is 1. The number of aromatic hydroxyl groups is 1. The Hall–Kier alpha value is -2.01. The molecule has 6 heteroatoms. The number of amides is 1. The SMILES string of the molecule is CCC(NC(=O)c1ccc(Cl)cc1O)c1ccnn1C. The zero-order chi connectivity index (χ0) is 14.7. The topological polar surface area (TPSA) is 67.2 Å². The van der Waals surface area contributed by atoms with Crippen LogP contribution >= 0.6 is 11.6 Å². The van der Waals surface area contributed by atoms with Gasteiger partial charge in [-0.05, 0) is 30.7 Å². The fourth-order valence-corrected chi connectivity index (χ4v) is 2.21. The Morgan fingerprint density at radius 3 is 2.80 bits per heavy atom. The van der Waals surface area contributed by atoms with E-state index in [2.05, 4.69) is 10.4 Å². The second-order valence-corrected chi connectivity index (χ2v) is 4.91. The van der Waals surface area contributed by atoms with Gasteiger partial charge < -0.3 is 10.4 Å². The fourth-order valence-electron chi connectivity index (χ4n) is 2.04. The number of benzene rings is 1. The molecule has 0 aliphatic carbocycles. The minimum Gasteiger partial charge on any atom is -0.507 e. The minimum absolute atomic E-state index is 0.130. The van der Waals surface area contributed by atoms with Crippen molar-refractivity contribution >= 4 is 17.5 Å². The van der Waals surface area contributed by atoms with E-state index in [0.717, 1.165) is 12.1 Å². The molecule has 0 radical (unpaired) electrons. The maximum absolute atomic E-state index is 12.2. The Labute approximate surface area is 122 Å². The summed E-state index contributed by atoms with van der Waals surface area (Å²) in [5.41, 5.74) is 1.12. The van der Waals surface area contributed by atoms with E-state index in [-0.39, 0.29) is 23.3 Å². The Bertz CT molecular complexity index is 625. The van der Waals surface area contributed by atoms with Crippen molar-refractivity contribution in [3.05, 3.63) is 46.7 Å². The first-order chi connectivity index (χ1) is 9.52. The number of aromatic nitrogens is 2. The van der Waals surface area contributed by atoms with E-state index in [1.54, 1.807) is 16.9 Å². The van der Waals surface area contributed by atoms with Gasteiger partial charge >= 0.3 is 0 Å². The molecule has 1 atom stereocenters. The van der Waals surface area contributed by atoms with Crippen LogP contribution < -0.4 is 5.32 Å². The van der Waals surface area contributed by atoms with E-state index in [9.17, 15) is 9.90 Å². The van der Waals surface area contributed by atoms with Crippen molar-refractivity contribution in [1.82, 2.24) is 15.1 Å². The summed E-state index contributed by atoms with van der Waals surface area (Å²) in [5.74, 6) is -0.470. The van der Waals surface area contributed by atoms with Crippen molar-refractivity contribution in [2.45, 2.75) is 19.4 Å². The lowest BCUT2D eigenvalue weighted by atomic mass is 10.1. The summed E-state index contributed by atoms with van der Waals surface area (Å²) in [6.45, 7) is 1.97. The molecule has 1 heterocycles. The van der Waals surface area contributed by atoms with Crippen molar-refractivity contribution < 1.29 is 9.90 Å². The number of aryl methyl sites for hydroxylation is 1. The van der Waals surface area contributed by atoms with Gasteiger partial charge in [-0.15, -0.1) is 0 Å². The molecule has 5 nitrogen and oxygen atoms in total. The van der Waals surface area contributed by atoms with Crippen molar-refractivity contribution in [3.63, 3.8) is 0 Å². The molecule has 20 heavy (non-hydrogen) atoms. The van der Waals surface area contributed by atoms with Crippen LogP contribution in [0.5, 0.6) is 5.75 Å². The molecule has 0 fully saturated rings. The second-order valence-electron chi connectivity index (χ2n) is 4.48. The van der Waals surface area contributed by atoms with Crippen LogP contribution in [0.2, 0.25) is 5.02 Å². The number of nitrogens with zero attached hydrogens (tertiary/aromatic N) is 2. The molecule has 0 aliphatic heterocycles. The lowest BCUT2D eigenvalue weighted by molar-refractivity contribution is 0.0931. The van der Waals surface area contributed by atoms with Crippen molar-refractivity contribution in [2.24, 2.45) is 7.05 Å². The molecule has 2 rings (SSSR count). The van der Waals surface area contributed by atoms with Crippen LogP contribution in [0.15, 0.2) is 30.5 Å². The number of carbonyl (C=O) groups excluding carboxylic acids is 1. The maximum Gasteiger partial charge on any atom is 0.255 e. The number of hydrogen-bond donors (Lipinski definition) is 2. The molecular weight excluding hydrogens is 278 g/mol. The molecule has 0 saturated heterocycles. The summed E-state index contributed by atoms with van der Waals surface area (Å²) in [5, 5.41) is 17.1. The van der Waals surface area contributed by atoms with Crippen LogP contribution in [0.25, 0.3) is 0 Å². The van der Waals surface area contributed by atoms with Crippen LogP contribution in [0, 0.1) is 0 Å². The van der Waals surface area contributed by atoms with Gasteiger partial charge in [0.15, 0.2) is 0 Å². The highest BCUT2D eigenvalue weighted by Gasteiger charge is 2.18.